The number of unbranched alkanes of at least 4 members (excludes halogenated alkanes) is 1. The molecule has 1 atom stereocenters. The second-order valence-electron chi connectivity index (χ2n) is 6.71. The van der Waals surface area contributed by atoms with E-state index in [9.17, 15) is 0 Å². The molecule has 2 aliphatic rings. The van der Waals surface area contributed by atoms with Crippen LogP contribution in [0, 0.1) is 11.8 Å². The standard InChI is InChI=1S/C16H32N2/c1-14(2)15-6-5-12-18(13-9-15)11-4-3-10-17-16-7-8-16/h14-17H,3-13H2,1-2H3. The number of nitrogens with one attached hydrogen (secondary N) is 1. The lowest BCUT2D eigenvalue weighted by molar-refractivity contribution is 0.266. The van der Waals surface area contributed by atoms with Crippen molar-refractivity contribution in [2.24, 2.45) is 11.8 Å². The van der Waals surface area contributed by atoms with E-state index in [1.165, 1.54) is 71.1 Å². The van der Waals surface area contributed by atoms with Crippen LogP contribution in [0.25, 0.3) is 0 Å². The molecular formula is C16H32N2. The molecule has 1 saturated carbocycles. The van der Waals surface area contributed by atoms with E-state index in [1.807, 2.05) is 0 Å². The molecule has 1 saturated heterocycles. The van der Waals surface area contributed by atoms with Crippen LogP contribution in [0.15, 0.2) is 0 Å². The summed E-state index contributed by atoms with van der Waals surface area (Å²) in [6.07, 6.45) is 9.89. The first-order chi connectivity index (χ1) is 8.75. The minimum atomic E-state index is 0.882. The molecule has 2 rings (SSSR count). The Morgan fingerprint density at radius 3 is 2.61 bits per heavy atom. The molecule has 1 unspecified atom stereocenters. The zero-order chi connectivity index (χ0) is 12.8. The highest BCUT2D eigenvalue weighted by Gasteiger charge is 2.20. The molecule has 1 aliphatic carbocycles. The van der Waals surface area contributed by atoms with Crippen molar-refractivity contribution in [3.8, 4) is 0 Å². The van der Waals surface area contributed by atoms with Gasteiger partial charge < -0.3 is 10.2 Å². The third-order valence-electron chi connectivity index (χ3n) is 4.72. The van der Waals surface area contributed by atoms with Gasteiger partial charge in [0, 0.05) is 6.04 Å². The summed E-state index contributed by atoms with van der Waals surface area (Å²) in [5.74, 6) is 1.86. The molecule has 1 heterocycles. The lowest BCUT2D eigenvalue weighted by atomic mass is 9.89. The quantitative estimate of drug-likeness (QED) is 0.700. The Morgan fingerprint density at radius 2 is 1.89 bits per heavy atom. The molecule has 0 aromatic rings. The molecule has 1 aliphatic heterocycles. The zero-order valence-corrected chi connectivity index (χ0v) is 12.5. The fourth-order valence-corrected chi connectivity index (χ4v) is 3.13. The van der Waals surface area contributed by atoms with E-state index in [0.29, 0.717) is 0 Å². The summed E-state index contributed by atoms with van der Waals surface area (Å²) in [5, 5.41) is 3.61. The Labute approximate surface area is 114 Å². The Balaban J connectivity index is 1.52. The Kier molecular flexibility index (Phi) is 5.97. The molecule has 106 valence electrons. The predicted octanol–water partition coefficient (Wildman–Crippen LogP) is 3.28. The molecule has 18 heavy (non-hydrogen) atoms. The third kappa shape index (κ3) is 5.27. The van der Waals surface area contributed by atoms with Gasteiger partial charge in [-0.3, -0.25) is 0 Å². The highest BCUT2D eigenvalue weighted by Crippen LogP contribution is 2.24. The van der Waals surface area contributed by atoms with Gasteiger partial charge in [-0.05, 0) is 83.0 Å². The predicted molar refractivity (Wildman–Crippen MR) is 78.9 cm³/mol. The highest BCUT2D eigenvalue weighted by atomic mass is 15.1. The Hall–Kier alpha value is -0.0800. The number of nitrogens with zero attached hydrogens (tertiary/aromatic N) is 1. The van der Waals surface area contributed by atoms with E-state index in [1.54, 1.807) is 0 Å². The van der Waals surface area contributed by atoms with Gasteiger partial charge in [-0.15, -0.1) is 0 Å². The van der Waals surface area contributed by atoms with E-state index >= 15 is 0 Å². The van der Waals surface area contributed by atoms with Crippen LogP contribution >= 0.6 is 0 Å². The third-order valence-corrected chi connectivity index (χ3v) is 4.72. The van der Waals surface area contributed by atoms with E-state index in [0.717, 1.165) is 17.9 Å². The van der Waals surface area contributed by atoms with E-state index in [2.05, 4.69) is 24.1 Å². The van der Waals surface area contributed by atoms with Gasteiger partial charge in [0.25, 0.3) is 0 Å². The van der Waals surface area contributed by atoms with Gasteiger partial charge in [-0.2, -0.15) is 0 Å². The molecule has 2 fully saturated rings. The maximum absolute atomic E-state index is 3.61. The van der Waals surface area contributed by atoms with Crippen molar-refractivity contribution in [2.45, 2.75) is 64.8 Å². The van der Waals surface area contributed by atoms with Gasteiger partial charge in [-0.1, -0.05) is 13.8 Å². The molecule has 0 bridgehead atoms. The van der Waals surface area contributed by atoms with Crippen LogP contribution in [-0.4, -0.2) is 37.1 Å². The fraction of sp³-hybridized carbons (Fsp3) is 1.00. The van der Waals surface area contributed by atoms with Crippen molar-refractivity contribution in [3.63, 3.8) is 0 Å². The summed E-state index contributed by atoms with van der Waals surface area (Å²) in [6.45, 7) is 10.1. The molecular weight excluding hydrogens is 220 g/mol. The zero-order valence-electron chi connectivity index (χ0n) is 12.5. The number of rotatable bonds is 7. The minimum Gasteiger partial charge on any atom is -0.314 e. The van der Waals surface area contributed by atoms with Gasteiger partial charge in [0.15, 0.2) is 0 Å². The first kappa shape index (κ1) is 14.3. The molecule has 2 heteroatoms. The molecule has 1 N–H and O–H groups in total. The average molecular weight is 252 g/mol. The summed E-state index contributed by atoms with van der Waals surface area (Å²) in [4.78, 5) is 2.71. The van der Waals surface area contributed by atoms with E-state index in [-0.39, 0.29) is 0 Å². The largest absolute Gasteiger partial charge is 0.314 e. The Bertz CT molecular complexity index is 223. The summed E-state index contributed by atoms with van der Waals surface area (Å²) in [7, 11) is 0. The van der Waals surface area contributed by atoms with Crippen molar-refractivity contribution in [2.75, 3.05) is 26.2 Å². The van der Waals surface area contributed by atoms with Gasteiger partial charge in [0.05, 0.1) is 0 Å². The summed E-state index contributed by atoms with van der Waals surface area (Å²) in [5.41, 5.74) is 0. The van der Waals surface area contributed by atoms with Gasteiger partial charge in [-0.25, -0.2) is 0 Å². The average Bonchev–Trinajstić information content (AvgIpc) is 3.14. The smallest absolute Gasteiger partial charge is 0.00682 e. The maximum atomic E-state index is 3.61. The summed E-state index contributed by atoms with van der Waals surface area (Å²) < 4.78 is 0. The normalized spacial score (nSPS) is 26.5. The van der Waals surface area contributed by atoms with Crippen molar-refractivity contribution in [1.82, 2.24) is 10.2 Å². The van der Waals surface area contributed by atoms with Crippen molar-refractivity contribution >= 4 is 0 Å². The number of likely N-dealkylation sites (tertiary alicyclic amines) is 1. The van der Waals surface area contributed by atoms with Crippen LogP contribution in [-0.2, 0) is 0 Å². The minimum absolute atomic E-state index is 0.882. The van der Waals surface area contributed by atoms with Crippen LogP contribution in [0.5, 0.6) is 0 Å². The molecule has 0 spiro atoms. The van der Waals surface area contributed by atoms with Crippen molar-refractivity contribution < 1.29 is 0 Å². The molecule has 0 radical (unpaired) electrons. The molecule has 0 amide bonds. The lowest BCUT2D eigenvalue weighted by Gasteiger charge is -2.21. The second-order valence-corrected chi connectivity index (χ2v) is 6.71. The van der Waals surface area contributed by atoms with Gasteiger partial charge in [0.1, 0.15) is 0 Å². The number of hydrogen-bond donors (Lipinski definition) is 1. The topological polar surface area (TPSA) is 15.3 Å². The SMILES string of the molecule is CC(C)C1CCCN(CCCCNC2CC2)CC1. The van der Waals surface area contributed by atoms with Gasteiger partial charge >= 0.3 is 0 Å². The summed E-state index contributed by atoms with van der Waals surface area (Å²) in [6, 6.07) is 0.884. The molecule has 0 aromatic carbocycles. The van der Waals surface area contributed by atoms with Crippen molar-refractivity contribution in [1.29, 1.82) is 0 Å². The first-order valence-corrected chi connectivity index (χ1v) is 8.21. The van der Waals surface area contributed by atoms with Crippen LogP contribution in [0.3, 0.4) is 0 Å². The van der Waals surface area contributed by atoms with Crippen molar-refractivity contribution in [3.05, 3.63) is 0 Å². The maximum Gasteiger partial charge on any atom is 0.00682 e. The second kappa shape index (κ2) is 7.49. The van der Waals surface area contributed by atoms with E-state index < -0.39 is 0 Å². The highest BCUT2D eigenvalue weighted by molar-refractivity contribution is 4.80. The monoisotopic (exact) mass is 252 g/mol. The summed E-state index contributed by atoms with van der Waals surface area (Å²) >= 11 is 0. The van der Waals surface area contributed by atoms with Crippen LogP contribution in [0.2, 0.25) is 0 Å². The fourth-order valence-electron chi connectivity index (χ4n) is 3.13. The van der Waals surface area contributed by atoms with E-state index in [4.69, 9.17) is 0 Å². The molecule has 0 aromatic heterocycles. The number of hydrogen-bond acceptors (Lipinski definition) is 2. The van der Waals surface area contributed by atoms with Gasteiger partial charge in [0.2, 0.25) is 0 Å². The van der Waals surface area contributed by atoms with Crippen LogP contribution < -0.4 is 5.32 Å². The van der Waals surface area contributed by atoms with Crippen LogP contribution in [0.1, 0.15) is 58.8 Å². The Morgan fingerprint density at radius 1 is 1.06 bits per heavy atom. The lowest BCUT2D eigenvalue weighted by Crippen LogP contribution is -2.27. The molecule has 2 nitrogen and oxygen atoms in total. The first-order valence-electron chi connectivity index (χ1n) is 8.21. The van der Waals surface area contributed by atoms with Crippen LogP contribution in [0.4, 0.5) is 0 Å².